The summed E-state index contributed by atoms with van der Waals surface area (Å²) >= 11 is 4.03. The molecule has 0 N–H and O–H groups in total. The summed E-state index contributed by atoms with van der Waals surface area (Å²) in [4.78, 5) is 13.3. The lowest BCUT2D eigenvalue weighted by atomic mass is 9.41. The van der Waals surface area contributed by atoms with E-state index in [9.17, 15) is 4.79 Å². The van der Waals surface area contributed by atoms with Crippen LogP contribution < -0.4 is 0 Å². The van der Waals surface area contributed by atoms with Crippen LogP contribution in [0.25, 0.3) is 0 Å². The second-order valence-corrected chi connectivity index (χ2v) is 13.2. The van der Waals surface area contributed by atoms with Gasteiger partial charge < -0.3 is 0 Å². The highest BCUT2D eigenvalue weighted by Gasteiger charge is 2.84. The highest BCUT2D eigenvalue weighted by Crippen LogP contribution is 2.84. The number of carbonyl (C=O) groups excluding carboxylic acids is 1. The number of hydrogen-bond acceptors (Lipinski definition) is 3. The third kappa shape index (κ3) is 2.13. The molecule has 0 amide bonds. The third-order valence-electron chi connectivity index (χ3n) is 6.55. The Labute approximate surface area is 171 Å². The Hall–Kier alpha value is -1.19. The molecular formula is C24H28OS2. The zero-order valence-corrected chi connectivity index (χ0v) is 18.6. The standard InChI is InChI=1S/C24H28OS2/c1-20(2)19(25)21(3,4)24(20)23(26-22(5,6)27-24,17-13-9-7-10-14-17)18-15-11-8-12-16-18/h7-16H,1-6H3. The Kier molecular flexibility index (Phi) is 4.02. The van der Waals surface area contributed by atoms with E-state index in [2.05, 4.69) is 102 Å². The molecule has 0 bridgehead atoms. The monoisotopic (exact) mass is 396 g/mol. The molecule has 1 nitrogen and oxygen atoms in total. The van der Waals surface area contributed by atoms with E-state index in [1.807, 2.05) is 23.5 Å². The van der Waals surface area contributed by atoms with Crippen LogP contribution in [-0.4, -0.2) is 14.6 Å². The van der Waals surface area contributed by atoms with Crippen LogP contribution in [0, 0.1) is 10.8 Å². The van der Waals surface area contributed by atoms with Crippen molar-refractivity contribution in [2.45, 2.75) is 55.1 Å². The average Bonchev–Trinajstić information content (AvgIpc) is 2.94. The van der Waals surface area contributed by atoms with Crippen LogP contribution in [0.15, 0.2) is 60.7 Å². The SMILES string of the molecule is CC1(C)SC(c2ccccc2)(c2ccccc2)C2(S1)C(C)(C)C(=O)C2(C)C. The number of carbonyl (C=O) groups is 1. The second-order valence-electron chi connectivity index (χ2n) is 9.28. The molecule has 0 radical (unpaired) electrons. The Morgan fingerprint density at radius 1 is 0.630 bits per heavy atom. The van der Waals surface area contributed by atoms with E-state index < -0.39 is 10.8 Å². The van der Waals surface area contributed by atoms with Gasteiger partial charge in [-0.1, -0.05) is 88.4 Å². The molecule has 2 fully saturated rings. The van der Waals surface area contributed by atoms with E-state index in [1.165, 1.54) is 11.1 Å². The van der Waals surface area contributed by atoms with Gasteiger partial charge in [-0.2, -0.15) is 0 Å². The van der Waals surface area contributed by atoms with Crippen LogP contribution in [0.1, 0.15) is 52.7 Å². The highest BCUT2D eigenvalue weighted by molar-refractivity contribution is 8.22. The van der Waals surface area contributed by atoms with E-state index in [0.717, 1.165) is 0 Å². The third-order valence-corrected chi connectivity index (χ3v) is 10.9. The number of hydrogen-bond donors (Lipinski definition) is 0. The zero-order valence-electron chi connectivity index (χ0n) is 17.0. The van der Waals surface area contributed by atoms with Crippen molar-refractivity contribution in [3.8, 4) is 0 Å². The summed E-state index contributed by atoms with van der Waals surface area (Å²) in [5.74, 6) is 0.372. The van der Waals surface area contributed by atoms with Crippen molar-refractivity contribution in [3.05, 3.63) is 71.8 Å². The molecule has 1 aliphatic heterocycles. The molecule has 1 saturated heterocycles. The first-order chi connectivity index (χ1) is 12.5. The predicted octanol–water partition coefficient (Wildman–Crippen LogP) is 6.52. The molecule has 1 saturated carbocycles. The van der Waals surface area contributed by atoms with Gasteiger partial charge in [0.25, 0.3) is 0 Å². The number of Topliss-reactive ketones (excluding diaryl/α,β-unsaturated/α-hetero) is 1. The zero-order chi connectivity index (χ0) is 19.7. The maximum atomic E-state index is 13.3. The van der Waals surface area contributed by atoms with Crippen molar-refractivity contribution in [1.29, 1.82) is 0 Å². The lowest BCUT2D eigenvalue weighted by Gasteiger charge is -2.69. The smallest absolute Gasteiger partial charge is 0.147 e. The summed E-state index contributed by atoms with van der Waals surface area (Å²) in [6.45, 7) is 13.3. The van der Waals surface area contributed by atoms with Crippen molar-refractivity contribution in [2.75, 3.05) is 0 Å². The first-order valence-corrected chi connectivity index (χ1v) is 11.2. The first-order valence-electron chi connectivity index (χ1n) is 9.59. The van der Waals surface area contributed by atoms with Crippen molar-refractivity contribution in [2.24, 2.45) is 10.8 Å². The highest BCUT2D eigenvalue weighted by atomic mass is 32.2. The summed E-state index contributed by atoms with van der Waals surface area (Å²) in [6, 6.07) is 21.7. The minimum Gasteiger partial charge on any atom is -0.298 e. The fourth-order valence-electron chi connectivity index (χ4n) is 5.89. The molecule has 0 aromatic heterocycles. The van der Waals surface area contributed by atoms with Gasteiger partial charge >= 0.3 is 0 Å². The predicted molar refractivity (Wildman–Crippen MR) is 118 cm³/mol. The van der Waals surface area contributed by atoms with Crippen molar-refractivity contribution in [1.82, 2.24) is 0 Å². The van der Waals surface area contributed by atoms with E-state index >= 15 is 0 Å². The molecule has 1 spiro atoms. The van der Waals surface area contributed by atoms with Gasteiger partial charge in [0.05, 0.1) is 13.6 Å². The number of thioether (sulfide) groups is 2. The molecule has 2 aromatic carbocycles. The van der Waals surface area contributed by atoms with Gasteiger partial charge in [-0.3, -0.25) is 4.79 Å². The molecule has 1 heterocycles. The summed E-state index contributed by atoms with van der Waals surface area (Å²) in [5.41, 5.74) is 1.78. The summed E-state index contributed by atoms with van der Waals surface area (Å²) in [7, 11) is 0. The number of rotatable bonds is 2. The summed E-state index contributed by atoms with van der Waals surface area (Å²) < 4.78 is -0.521. The van der Waals surface area contributed by atoms with Gasteiger partial charge in [-0.25, -0.2) is 0 Å². The minimum absolute atomic E-state index is 0.000916. The quantitative estimate of drug-likeness (QED) is 0.575. The largest absolute Gasteiger partial charge is 0.298 e. The molecule has 27 heavy (non-hydrogen) atoms. The average molecular weight is 397 g/mol. The van der Waals surface area contributed by atoms with Crippen LogP contribution in [0.3, 0.4) is 0 Å². The molecule has 3 heteroatoms. The van der Waals surface area contributed by atoms with Crippen LogP contribution in [0.5, 0.6) is 0 Å². The maximum Gasteiger partial charge on any atom is 0.147 e. The molecule has 142 valence electrons. The van der Waals surface area contributed by atoms with E-state index in [-0.39, 0.29) is 13.6 Å². The Morgan fingerprint density at radius 3 is 1.44 bits per heavy atom. The molecule has 2 aliphatic rings. The van der Waals surface area contributed by atoms with Gasteiger partial charge in [-0.05, 0) is 25.0 Å². The molecule has 1 aliphatic carbocycles. The lowest BCUT2D eigenvalue weighted by Crippen LogP contribution is -2.78. The summed E-state index contributed by atoms with van der Waals surface area (Å²) in [6.07, 6.45) is 0. The molecular weight excluding hydrogens is 368 g/mol. The molecule has 0 unspecified atom stereocenters. The molecule has 4 rings (SSSR count). The fourth-order valence-corrected chi connectivity index (χ4v) is 10.8. The Balaban J connectivity index is 2.13. The van der Waals surface area contributed by atoms with Crippen molar-refractivity contribution in [3.63, 3.8) is 0 Å². The Bertz CT molecular complexity index is 824. The van der Waals surface area contributed by atoms with Gasteiger partial charge in [0.1, 0.15) is 5.78 Å². The number of benzene rings is 2. The van der Waals surface area contributed by atoms with Crippen LogP contribution in [-0.2, 0) is 9.54 Å². The second kappa shape index (κ2) is 5.67. The maximum absolute atomic E-state index is 13.3. The van der Waals surface area contributed by atoms with Crippen molar-refractivity contribution < 1.29 is 4.79 Å². The van der Waals surface area contributed by atoms with Gasteiger partial charge in [-0.15, -0.1) is 23.5 Å². The Morgan fingerprint density at radius 2 is 1.04 bits per heavy atom. The van der Waals surface area contributed by atoms with Gasteiger partial charge in [0, 0.05) is 10.8 Å². The number of ketones is 1. The fraction of sp³-hybridized carbons (Fsp3) is 0.458. The van der Waals surface area contributed by atoms with E-state index in [0.29, 0.717) is 5.78 Å². The summed E-state index contributed by atoms with van der Waals surface area (Å²) in [5, 5.41) is 0. The van der Waals surface area contributed by atoms with Crippen molar-refractivity contribution >= 4 is 29.3 Å². The van der Waals surface area contributed by atoms with E-state index in [4.69, 9.17) is 0 Å². The van der Waals surface area contributed by atoms with E-state index in [1.54, 1.807) is 0 Å². The van der Waals surface area contributed by atoms with Crippen LogP contribution in [0.2, 0.25) is 0 Å². The topological polar surface area (TPSA) is 17.1 Å². The normalized spacial score (nSPS) is 25.9. The first kappa shape index (κ1) is 19.1. The molecule has 2 aromatic rings. The van der Waals surface area contributed by atoms with Crippen LogP contribution in [0.4, 0.5) is 0 Å². The van der Waals surface area contributed by atoms with Gasteiger partial charge in [0.2, 0.25) is 0 Å². The van der Waals surface area contributed by atoms with Crippen LogP contribution >= 0.6 is 23.5 Å². The lowest BCUT2D eigenvalue weighted by molar-refractivity contribution is -0.162. The van der Waals surface area contributed by atoms with Gasteiger partial charge in [0.15, 0.2) is 0 Å². The molecule has 0 atom stereocenters. The minimum atomic E-state index is -0.409.